The SMILES string of the molecule is COC(CBr)CCC(=O)Nc1ccccc1. The number of carbonyl (C=O) groups is 1. The van der Waals surface area contributed by atoms with Crippen LogP contribution in [0.1, 0.15) is 12.8 Å². The van der Waals surface area contributed by atoms with Crippen molar-refractivity contribution in [3.05, 3.63) is 30.3 Å². The summed E-state index contributed by atoms with van der Waals surface area (Å²) in [4.78, 5) is 11.6. The zero-order valence-electron chi connectivity index (χ0n) is 9.28. The van der Waals surface area contributed by atoms with Gasteiger partial charge in [0.05, 0.1) is 6.10 Å². The summed E-state index contributed by atoms with van der Waals surface area (Å²) >= 11 is 3.34. The highest BCUT2D eigenvalue weighted by Crippen LogP contribution is 2.09. The first-order valence-electron chi connectivity index (χ1n) is 5.20. The van der Waals surface area contributed by atoms with Crippen molar-refractivity contribution in [2.45, 2.75) is 18.9 Å². The van der Waals surface area contributed by atoms with E-state index in [1.165, 1.54) is 0 Å². The van der Waals surface area contributed by atoms with E-state index in [0.29, 0.717) is 6.42 Å². The number of para-hydroxylation sites is 1. The van der Waals surface area contributed by atoms with Crippen molar-refractivity contribution in [3.63, 3.8) is 0 Å². The van der Waals surface area contributed by atoms with E-state index in [9.17, 15) is 4.79 Å². The van der Waals surface area contributed by atoms with E-state index >= 15 is 0 Å². The molecule has 0 bridgehead atoms. The molecule has 1 aromatic rings. The van der Waals surface area contributed by atoms with Crippen LogP contribution in [0.15, 0.2) is 30.3 Å². The molecule has 0 radical (unpaired) electrons. The van der Waals surface area contributed by atoms with Gasteiger partial charge in [-0.05, 0) is 18.6 Å². The molecule has 0 aliphatic rings. The summed E-state index contributed by atoms with van der Waals surface area (Å²) < 4.78 is 5.17. The molecule has 4 heteroatoms. The van der Waals surface area contributed by atoms with E-state index in [-0.39, 0.29) is 12.0 Å². The van der Waals surface area contributed by atoms with Crippen molar-refractivity contribution in [1.29, 1.82) is 0 Å². The van der Waals surface area contributed by atoms with Crippen molar-refractivity contribution in [2.24, 2.45) is 0 Å². The van der Waals surface area contributed by atoms with Gasteiger partial charge in [-0.1, -0.05) is 34.1 Å². The van der Waals surface area contributed by atoms with Crippen LogP contribution in [0.4, 0.5) is 5.69 Å². The van der Waals surface area contributed by atoms with E-state index in [1.54, 1.807) is 7.11 Å². The lowest BCUT2D eigenvalue weighted by molar-refractivity contribution is -0.116. The van der Waals surface area contributed by atoms with Gasteiger partial charge >= 0.3 is 0 Å². The zero-order valence-corrected chi connectivity index (χ0v) is 10.9. The Bertz CT molecular complexity index is 312. The first-order valence-corrected chi connectivity index (χ1v) is 6.32. The van der Waals surface area contributed by atoms with Crippen LogP contribution in [-0.2, 0) is 9.53 Å². The van der Waals surface area contributed by atoms with Gasteiger partial charge in [0.25, 0.3) is 0 Å². The van der Waals surface area contributed by atoms with E-state index in [4.69, 9.17) is 4.74 Å². The molecule has 1 rings (SSSR count). The summed E-state index contributed by atoms with van der Waals surface area (Å²) in [6, 6.07) is 9.45. The Hall–Kier alpha value is -0.870. The van der Waals surface area contributed by atoms with Crippen molar-refractivity contribution < 1.29 is 9.53 Å². The van der Waals surface area contributed by atoms with Crippen LogP contribution in [-0.4, -0.2) is 24.5 Å². The number of carbonyl (C=O) groups excluding carboxylic acids is 1. The zero-order chi connectivity index (χ0) is 11.8. The van der Waals surface area contributed by atoms with E-state index < -0.39 is 0 Å². The lowest BCUT2D eigenvalue weighted by Crippen LogP contribution is -2.18. The summed E-state index contributed by atoms with van der Waals surface area (Å²) in [7, 11) is 1.65. The number of ether oxygens (including phenoxy) is 1. The molecule has 0 saturated heterocycles. The van der Waals surface area contributed by atoms with Crippen LogP contribution in [0.2, 0.25) is 0 Å². The smallest absolute Gasteiger partial charge is 0.224 e. The monoisotopic (exact) mass is 285 g/mol. The Morgan fingerprint density at radius 3 is 2.69 bits per heavy atom. The summed E-state index contributed by atoms with van der Waals surface area (Å²) in [5.74, 6) is 0.0224. The number of benzene rings is 1. The van der Waals surface area contributed by atoms with E-state index in [0.717, 1.165) is 17.4 Å². The number of hydrogen-bond acceptors (Lipinski definition) is 2. The van der Waals surface area contributed by atoms with Crippen LogP contribution in [0.5, 0.6) is 0 Å². The Balaban J connectivity index is 2.31. The molecule has 0 heterocycles. The molecule has 0 aliphatic heterocycles. The number of alkyl halides is 1. The van der Waals surface area contributed by atoms with Crippen LogP contribution >= 0.6 is 15.9 Å². The topological polar surface area (TPSA) is 38.3 Å². The molecule has 0 aliphatic carbocycles. The first kappa shape index (κ1) is 13.2. The minimum atomic E-state index is 0.0224. The summed E-state index contributed by atoms with van der Waals surface area (Å²) in [6.45, 7) is 0. The predicted octanol–water partition coefficient (Wildman–Crippen LogP) is 2.82. The van der Waals surface area contributed by atoms with Gasteiger partial charge in [0, 0.05) is 24.5 Å². The fourth-order valence-corrected chi connectivity index (χ4v) is 1.88. The molecular weight excluding hydrogens is 270 g/mol. The van der Waals surface area contributed by atoms with Crippen molar-refractivity contribution in [2.75, 3.05) is 17.8 Å². The number of anilines is 1. The first-order chi connectivity index (χ1) is 7.76. The van der Waals surface area contributed by atoms with Gasteiger partial charge in [0.1, 0.15) is 0 Å². The molecule has 0 fully saturated rings. The number of hydrogen-bond donors (Lipinski definition) is 1. The van der Waals surface area contributed by atoms with Gasteiger partial charge in [-0.2, -0.15) is 0 Å². The predicted molar refractivity (Wildman–Crippen MR) is 68.9 cm³/mol. The average Bonchev–Trinajstić information content (AvgIpc) is 2.31. The normalized spacial score (nSPS) is 12.1. The molecule has 88 valence electrons. The van der Waals surface area contributed by atoms with Crippen LogP contribution < -0.4 is 5.32 Å². The molecule has 0 saturated carbocycles. The van der Waals surface area contributed by atoms with Crippen molar-refractivity contribution in [3.8, 4) is 0 Å². The second-order valence-corrected chi connectivity index (χ2v) is 4.11. The molecule has 1 aromatic carbocycles. The highest BCUT2D eigenvalue weighted by atomic mass is 79.9. The average molecular weight is 286 g/mol. The van der Waals surface area contributed by atoms with Gasteiger partial charge in [0.2, 0.25) is 5.91 Å². The third-order valence-electron chi connectivity index (χ3n) is 2.26. The second kappa shape index (κ2) is 7.41. The lowest BCUT2D eigenvalue weighted by atomic mass is 10.2. The third-order valence-corrected chi connectivity index (χ3v) is 2.98. The van der Waals surface area contributed by atoms with Crippen LogP contribution in [0.25, 0.3) is 0 Å². The maximum Gasteiger partial charge on any atom is 0.224 e. The Labute approximate surface area is 104 Å². The van der Waals surface area contributed by atoms with Gasteiger partial charge in [-0.3, -0.25) is 4.79 Å². The quantitative estimate of drug-likeness (QED) is 0.817. The summed E-state index contributed by atoms with van der Waals surface area (Å²) in [5.41, 5.74) is 0.834. The Kier molecular flexibility index (Phi) is 6.11. The fraction of sp³-hybridized carbons (Fsp3) is 0.417. The molecule has 1 unspecified atom stereocenters. The van der Waals surface area contributed by atoms with Gasteiger partial charge < -0.3 is 10.1 Å². The standard InChI is InChI=1S/C12H16BrNO2/c1-16-11(9-13)7-8-12(15)14-10-5-3-2-4-6-10/h2-6,11H,7-9H2,1H3,(H,14,15). The molecule has 1 amide bonds. The second-order valence-electron chi connectivity index (χ2n) is 3.46. The number of nitrogens with one attached hydrogen (secondary N) is 1. The molecule has 16 heavy (non-hydrogen) atoms. The summed E-state index contributed by atoms with van der Waals surface area (Å²) in [5, 5.41) is 3.59. The van der Waals surface area contributed by atoms with Crippen LogP contribution in [0.3, 0.4) is 0 Å². The largest absolute Gasteiger partial charge is 0.381 e. The van der Waals surface area contributed by atoms with Gasteiger partial charge in [-0.15, -0.1) is 0 Å². The molecule has 3 nitrogen and oxygen atoms in total. The maximum absolute atomic E-state index is 11.6. The molecule has 0 spiro atoms. The number of halogens is 1. The van der Waals surface area contributed by atoms with Crippen LogP contribution in [0, 0.1) is 0 Å². The highest BCUT2D eigenvalue weighted by molar-refractivity contribution is 9.09. The van der Waals surface area contributed by atoms with Crippen molar-refractivity contribution in [1.82, 2.24) is 0 Å². The molecular formula is C12H16BrNO2. The molecule has 0 aromatic heterocycles. The Morgan fingerprint density at radius 1 is 1.44 bits per heavy atom. The van der Waals surface area contributed by atoms with Gasteiger partial charge in [-0.25, -0.2) is 0 Å². The Morgan fingerprint density at radius 2 is 2.12 bits per heavy atom. The molecule has 1 N–H and O–H groups in total. The highest BCUT2D eigenvalue weighted by Gasteiger charge is 2.08. The number of methoxy groups -OCH3 is 1. The minimum absolute atomic E-state index is 0.0224. The van der Waals surface area contributed by atoms with E-state index in [1.807, 2.05) is 30.3 Å². The summed E-state index contributed by atoms with van der Waals surface area (Å²) in [6.07, 6.45) is 1.29. The number of rotatable bonds is 6. The fourth-order valence-electron chi connectivity index (χ4n) is 1.30. The third kappa shape index (κ3) is 4.77. The van der Waals surface area contributed by atoms with E-state index in [2.05, 4.69) is 21.2 Å². The van der Waals surface area contributed by atoms with Gasteiger partial charge in [0.15, 0.2) is 0 Å². The van der Waals surface area contributed by atoms with Crippen molar-refractivity contribution >= 4 is 27.5 Å². The lowest BCUT2D eigenvalue weighted by Gasteiger charge is -2.11. The maximum atomic E-state index is 11.6. The number of amides is 1. The minimum Gasteiger partial charge on any atom is -0.381 e. The molecule has 1 atom stereocenters.